The first-order valence-electron chi connectivity index (χ1n) is 6.53. The highest BCUT2D eigenvalue weighted by Crippen LogP contribution is 2.07. The summed E-state index contributed by atoms with van der Waals surface area (Å²) in [4.78, 5) is 5.72. The summed E-state index contributed by atoms with van der Waals surface area (Å²) in [6.45, 7) is 3.49. The van der Waals surface area contributed by atoms with Crippen molar-refractivity contribution in [3.8, 4) is 12.3 Å². The van der Waals surface area contributed by atoms with Gasteiger partial charge >= 0.3 is 0 Å². The molecule has 0 radical (unpaired) electrons. The lowest BCUT2D eigenvalue weighted by atomic mass is 10.4. The van der Waals surface area contributed by atoms with E-state index in [-0.39, 0.29) is 24.0 Å². The molecular formula is C14H19IN6S. The average molecular weight is 430 g/mol. The van der Waals surface area contributed by atoms with E-state index in [1.807, 2.05) is 30.0 Å². The van der Waals surface area contributed by atoms with Crippen LogP contribution in [-0.2, 0) is 20.1 Å². The van der Waals surface area contributed by atoms with E-state index in [0.717, 1.165) is 11.6 Å². The molecular weight excluding hydrogens is 411 g/mol. The molecule has 0 saturated heterocycles. The summed E-state index contributed by atoms with van der Waals surface area (Å²) < 4.78 is 1.92. The summed E-state index contributed by atoms with van der Waals surface area (Å²) in [6.07, 6.45) is 5.28. The topological polar surface area (TPSA) is 67.1 Å². The number of aliphatic imine (C=N–C) groups is 1. The zero-order chi connectivity index (χ0) is 15.1. The van der Waals surface area contributed by atoms with Gasteiger partial charge in [-0.05, 0) is 18.4 Å². The molecule has 0 aliphatic heterocycles. The maximum Gasteiger partial charge on any atom is 0.192 e. The van der Waals surface area contributed by atoms with Crippen LogP contribution in [0.5, 0.6) is 0 Å². The minimum atomic E-state index is 0. The quantitative estimate of drug-likeness (QED) is 0.328. The largest absolute Gasteiger partial charge is 0.351 e. The van der Waals surface area contributed by atoms with Crippen LogP contribution in [0.15, 0.2) is 22.5 Å². The number of halogens is 1. The molecule has 22 heavy (non-hydrogen) atoms. The molecule has 0 atom stereocenters. The number of hydrogen-bond acceptors (Lipinski definition) is 4. The summed E-state index contributed by atoms with van der Waals surface area (Å²) >= 11 is 1.70. The fourth-order valence-corrected chi connectivity index (χ4v) is 2.28. The van der Waals surface area contributed by atoms with Gasteiger partial charge in [-0.15, -0.1) is 51.9 Å². The van der Waals surface area contributed by atoms with Crippen molar-refractivity contribution < 1.29 is 0 Å². The van der Waals surface area contributed by atoms with Crippen LogP contribution in [-0.4, -0.2) is 27.3 Å². The van der Waals surface area contributed by atoms with Crippen molar-refractivity contribution in [3.05, 3.63) is 34.0 Å². The Hall–Kier alpha value is -1.60. The van der Waals surface area contributed by atoms with Crippen LogP contribution in [0.3, 0.4) is 0 Å². The lowest BCUT2D eigenvalue weighted by Crippen LogP contribution is -2.37. The summed E-state index contributed by atoms with van der Waals surface area (Å²) in [5.41, 5.74) is 0. The lowest BCUT2D eigenvalue weighted by Gasteiger charge is -2.10. The van der Waals surface area contributed by atoms with Crippen LogP contribution in [0.4, 0.5) is 0 Å². The normalized spacial score (nSPS) is 10.7. The van der Waals surface area contributed by atoms with Crippen LogP contribution in [0, 0.1) is 19.3 Å². The number of guanidine groups is 1. The number of rotatable bonds is 5. The van der Waals surface area contributed by atoms with Gasteiger partial charge in [0.1, 0.15) is 12.4 Å². The van der Waals surface area contributed by atoms with Crippen molar-refractivity contribution in [2.24, 2.45) is 12.0 Å². The molecule has 2 aromatic heterocycles. The maximum atomic E-state index is 5.28. The van der Waals surface area contributed by atoms with Crippen LogP contribution in [0.1, 0.15) is 16.5 Å². The Morgan fingerprint density at radius 3 is 2.86 bits per heavy atom. The fourth-order valence-electron chi connectivity index (χ4n) is 1.63. The molecule has 8 heteroatoms. The summed E-state index contributed by atoms with van der Waals surface area (Å²) in [6, 6.07) is 4.10. The molecule has 0 bridgehead atoms. The van der Waals surface area contributed by atoms with Crippen molar-refractivity contribution in [1.82, 2.24) is 25.4 Å². The van der Waals surface area contributed by atoms with Gasteiger partial charge in [-0.3, -0.25) is 0 Å². The molecule has 0 aliphatic carbocycles. The Bertz CT molecular complexity index is 641. The van der Waals surface area contributed by atoms with Gasteiger partial charge in [-0.25, -0.2) is 4.99 Å². The molecule has 0 unspecified atom stereocenters. The van der Waals surface area contributed by atoms with Gasteiger partial charge in [0, 0.05) is 11.9 Å². The van der Waals surface area contributed by atoms with Gasteiger partial charge in [-0.2, -0.15) is 0 Å². The second-order valence-electron chi connectivity index (χ2n) is 4.38. The Kier molecular flexibility index (Phi) is 7.90. The smallest absolute Gasteiger partial charge is 0.192 e. The van der Waals surface area contributed by atoms with E-state index in [1.54, 1.807) is 11.3 Å². The van der Waals surface area contributed by atoms with Crippen LogP contribution >= 0.6 is 35.3 Å². The number of terminal acetylenes is 1. The summed E-state index contributed by atoms with van der Waals surface area (Å²) in [5, 5.41) is 16.5. The SMILES string of the molecule is C#CCNC(=NCc1nnc(C)n1C)NCc1cccs1.I. The molecule has 0 aromatic carbocycles. The lowest BCUT2D eigenvalue weighted by molar-refractivity contribution is 0.761. The predicted octanol–water partition coefficient (Wildman–Crippen LogP) is 1.67. The van der Waals surface area contributed by atoms with E-state index >= 15 is 0 Å². The van der Waals surface area contributed by atoms with Crippen molar-refractivity contribution >= 4 is 41.3 Å². The molecule has 0 saturated carbocycles. The van der Waals surface area contributed by atoms with E-state index in [1.165, 1.54) is 4.88 Å². The van der Waals surface area contributed by atoms with E-state index in [9.17, 15) is 0 Å². The van der Waals surface area contributed by atoms with Crippen LogP contribution in [0.2, 0.25) is 0 Å². The molecule has 0 aliphatic rings. The molecule has 0 spiro atoms. The Balaban J connectivity index is 0.00000242. The summed E-state index contributed by atoms with van der Waals surface area (Å²) in [5.74, 6) is 4.89. The van der Waals surface area contributed by atoms with E-state index in [2.05, 4.69) is 37.8 Å². The highest BCUT2D eigenvalue weighted by Gasteiger charge is 2.05. The van der Waals surface area contributed by atoms with Gasteiger partial charge in [0.25, 0.3) is 0 Å². The monoisotopic (exact) mass is 430 g/mol. The first-order chi connectivity index (χ1) is 10.2. The third-order valence-electron chi connectivity index (χ3n) is 2.93. The minimum absolute atomic E-state index is 0. The molecule has 0 fully saturated rings. The van der Waals surface area contributed by atoms with Gasteiger partial charge in [0.2, 0.25) is 0 Å². The molecule has 2 N–H and O–H groups in total. The third-order valence-corrected chi connectivity index (χ3v) is 3.81. The van der Waals surface area contributed by atoms with E-state index in [4.69, 9.17) is 6.42 Å². The Morgan fingerprint density at radius 1 is 1.45 bits per heavy atom. The highest BCUT2D eigenvalue weighted by atomic mass is 127. The van der Waals surface area contributed by atoms with Crippen LogP contribution < -0.4 is 10.6 Å². The van der Waals surface area contributed by atoms with Gasteiger partial charge in [0.15, 0.2) is 11.8 Å². The standard InChI is InChI=1S/C14H18N6S.HI/c1-4-7-15-14(16-9-12-6-5-8-21-12)17-10-13-19-18-11(2)20(13)3;/h1,5-6,8H,7,9-10H2,2-3H3,(H2,15,16,17);1H. The Labute approximate surface area is 151 Å². The third kappa shape index (κ3) is 5.31. The number of nitrogens with one attached hydrogen (secondary N) is 2. The highest BCUT2D eigenvalue weighted by molar-refractivity contribution is 14.0. The minimum Gasteiger partial charge on any atom is -0.351 e. The summed E-state index contributed by atoms with van der Waals surface area (Å²) in [7, 11) is 1.92. The van der Waals surface area contributed by atoms with Crippen molar-refractivity contribution in [3.63, 3.8) is 0 Å². The van der Waals surface area contributed by atoms with Crippen molar-refractivity contribution in [2.75, 3.05) is 6.54 Å². The average Bonchev–Trinajstić information content (AvgIpc) is 3.11. The number of aromatic nitrogens is 3. The van der Waals surface area contributed by atoms with Gasteiger partial charge in [0.05, 0.1) is 13.1 Å². The van der Waals surface area contributed by atoms with Crippen molar-refractivity contribution in [1.29, 1.82) is 0 Å². The zero-order valence-corrected chi connectivity index (χ0v) is 15.7. The maximum absolute atomic E-state index is 5.28. The Morgan fingerprint density at radius 2 is 2.27 bits per heavy atom. The number of aryl methyl sites for hydroxylation is 1. The molecule has 2 aromatic rings. The number of nitrogens with zero attached hydrogens (tertiary/aromatic N) is 4. The predicted molar refractivity (Wildman–Crippen MR) is 100 cm³/mol. The van der Waals surface area contributed by atoms with Crippen LogP contribution in [0.25, 0.3) is 0 Å². The van der Waals surface area contributed by atoms with E-state index < -0.39 is 0 Å². The molecule has 2 heterocycles. The molecule has 0 amide bonds. The number of thiophene rings is 1. The van der Waals surface area contributed by atoms with Crippen molar-refractivity contribution in [2.45, 2.75) is 20.0 Å². The second kappa shape index (κ2) is 9.42. The van der Waals surface area contributed by atoms with E-state index in [0.29, 0.717) is 25.6 Å². The molecule has 6 nitrogen and oxygen atoms in total. The first kappa shape index (κ1) is 18.4. The van der Waals surface area contributed by atoms with Gasteiger partial charge < -0.3 is 15.2 Å². The second-order valence-corrected chi connectivity index (χ2v) is 5.41. The molecule has 2 rings (SSSR count). The molecule has 118 valence electrons. The van der Waals surface area contributed by atoms with Gasteiger partial charge in [-0.1, -0.05) is 12.0 Å². The number of hydrogen-bond donors (Lipinski definition) is 2. The zero-order valence-electron chi connectivity index (χ0n) is 12.5. The first-order valence-corrected chi connectivity index (χ1v) is 7.41. The fraction of sp³-hybridized carbons (Fsp3) is 0.357.